The molecule has 0 aliphatic carbocycles. The zero-order valence-corrected chi connectivity index (χ0v) is 13.8. The molecule has 0 bridgehead atoms. The van der Waals surface area contributed by atoms with Crippen LogP contribution < -0.4 is 9.46 Å². The highest BCUT2D eigenvalue weighted by atomic mass is 35.5. The number of nitrogens with one attached hydrogen (secondary N) is 1. The number of halogens is 2. The van der Waals surface area contributed by atoms with E-state index in [9.17, 15) is 8.42 Å². The molecule has 0 aliphatic rings. The Labute approximate surface area is 132 Å². The molecule has 0 saturated carbocycles. The van der Waals surface area contributed by atoms with Gasteiger partial charge in [0.1, 0.15) is 10.9 Å². The minimum Gasteiger partial charge on any atom is -0.495 e. The van der Waals surface area contributed by atoms with Gasteiger partial charge in [-0.25, -0.2) is 4.98 Å². The number of methoxy groups -OCH3 is 1. The van der Waals surface area contributed by atoms with E-state index in [-0.39, 0.29) is 15.9 Å². The SMILES string of the molecule is COc1cc(Cl)c(C)cc1NS(=O)(=O)c1ncn(C)c1Cl. The van der Waals surface area contributed by atoms with Crippen LogP contribution in [0.25, 0.3) is 0 Å². The molecule has 1 aromatic carbocycles. The standard InChI is InChI=1S/C12H13Cl2N3O3S/c1-7-4-9(10(20-3)5-8(7)13)16-21(18,19)12-11(14)17(2)6-15-12/h4-6,16H,1-3H3. The number of hydrogen-bond donors (Lipinski definition) is 1. The molecule has 9 heteroatoms. The molecule has 0 saturated heterocycles. The van der Waals surface area contributed by atoms with Crippen molar-refractivity contribution in [2.75, 3.05) is 11.8 Å². The van der Waals surface area contributed by atoms with E-state index in [1.807, 2.05) is 0 Å². The van der Waals surface area contributed by atoms with Crippen molar-refractivity contribution < 1.29 is 13.2 Å². The van der Waals surface area contributed by atoms with Crippen molar-refractivity contribution in [3.05, 3.63) is 34.2 Å². The Kier molecular flexibility index (Phi) is 4.36. The molecule has 0 spiro atoms. The van der Waals surface area contributed by atoms with E-state index in [2.05, 4.69) is 9.71 Å². The third-order valence-electron chi connectivity index (χ3n) is 2.81. The second-order valence-corrected chi connectivity index (χ2v) is 6.72. The number of anilines is 1. The Morgan fingerprint density at radius 2 is 2.00 bits per heavy atom. The molecule has 1 heterocycles. The summed E-state index contributed by atoms with van der Waals surface area (Å²) in [5.41, 5.74) is 0.975. The molecule has 0 unspecified atom stereocenters. The van der Waals surface area contributed by atoms with Crippen molar-refractivity contribution in [2.24, 2.45) is 7.05 Å². The van der Waals surface area contributed by atoms with Gasteiger partial charge in [-0.1, -0.05) is 23.2 Å². The van der Waals surface area contributed by atoms with Crippen LogP contribution in [0.5, 0.6) is 5.75 Å². The van der Waals surface area contributed by atoms with Crippen LogP contribution in [0.2, 0.25) is 10.2 Å². The summed E-state index contributed by atoms with van der Waals surface area (Å²) in [7, 11) is -0.901. The maximum Gasteiger partial charge on any atom is 0.282 e. The molecule has 6 nitrogen and oxygen atoms in total. The zero-order chi connectivity index (χ0) is 15.8. The van der Waals surface area contributed by atoms with Crippen LogP contribution in [0.15, 0.2) is 23.5 Å². The summed E-state index contributed by atoms with van der Waals surface area (Å²) < 4.78 is 33.6. The fraction of sp³-hybridized carbons (Fsp3) is 0.250. The second-order valence-electron chi connectivity index (χ2n) is 4.36. The summed E-state index contributed by atoms with van der Waals surface area (Å²) in [6.07, 6.45) is 1.32. The Balaban J connectivity index is 2.46. The molecule has 21 heavy (non-hydrogen) atoms. The molecule has 0 radical (unpaired) electrons. The molecule has 0 fully saturated rings. The summed E-state index contributed by atoms with van der Waals surface area (Å²) in [6.45, 7) is 1.76. The topological polar surface area (TPSA) is 73.2 Å². The van der Waals surface area contributed by atoms with Crippen molar-refractivity contribution in [2.45, 2.75) is 11.9 Å². The first kappa shape index (κ1) is 15.9. The lowest BCUT2D eigenvalue weighted by Gasteiger charge is -2.12. The first-order valence-electron chi connectivity index (χ1n) is 5.80. The fourth-order valence-corrected chi connectivity index (χ4v) is 3.33. The van der Waals surface area contributed by atoms with E-state index in [0.29, 0.717) is 16.3 Å². The molecule has 1 aromatic heterocycles. The van der Waals surface area contributed by atoms with Crippen molar-refractivity contribution in [3.63, 3.8) is 0 Å². The molecule has 0 aliphatic heterocycles. The third-order valence-corrected chi connectivity index (χ3v) is 5.08. The van der Waals surface area contributed by atoms with Crippen LogP contribution in [0, 0.1) is 6.92 Å². The first-order valence-corrected chi connectivity index (χ1v) is 8.04. The van der Waals surface area contributed by atoms with Gasteiger partial charge in [0.05, 0.1) is 19.1 Å². The lowest BCUT2D eigenvalue weighted by atomic mass is 10.2. The number of imidazole rings is 1. The Hall–Kier alpha value is -1.44. The molecule has 2 aromatic rings. The quantitative estimate of drug-likeness (QED) is 0.920. The van der Waals surface area contributed by atoms with Gasteiger partial charge in [-0.2, -0.15) is 8.42 Å². The van der Waals surface area contributed by atoms with Crippen LogP contribution in [0.4, 0.5) is 5.69 Å². The van der Waals surface area contributed by atoms with Gasteiger partial charge in [0, 0.05) is 18.1 Å². The number of aromatic nitrogens is 2. The molecule has 1 N–H and O–H groups in total. The predicted molar refractivity (Wildman–Crippen MR) is 81.8 cm³/mol. The smallest absolute Gasteiger partial charge is 0.282 e. The Morgan fingerprint density at radius 3 is 2.52 bits per heavy atom. The lowest BCUT2D eigenvalue weighted by Crippen LogP contribution is -2.15. The van der Waals surface area contributed by atoms with Gasteiger partial charge in [0.15, 0.2) is 0 Å². The number of sulfonamides is 1. The minimum atomic E-state index is -3.92. The molecular weight excluding hydrogens is 337 g/mol. The highest BCUT2D eigenvalue weighted by Gasteiger charge is 2.24. The van der Waals surface area contributed by atoms with Crippen LogP contribution in [0.3, 0.4) is 0 Å². The van der Waals surface area contributed by atoms with E-state index < -0.39 is 10.0 Å². The van der Waals surface area contributed by atoms with Gasteiger partial charge < -0.3 is 9.30 Å². The van der Waals surface area contributed by atoms with E-state index >= 15 is 0 Å². The van der Waals surface area contributed by atoms with Crippen molar-refractivity contribution in [1.82, 2.24) is 9.55 Å². The van der Waals surface area contributed by atoms with Gasteiger partial charge in [0.2, 0.25) is 5.03 Å². The summed E-state index contributed by atoms with van der Waals surface area (Å²) in [6, 6.07) is 3.12. The van der Waals surface area contributed by atoms with Crippen LogP contribution in [-0.2, 0) is 17.1 Å². The predicted octanol–water partition coefficient (Wildman–Crippen LogP) is 2.84. The maximum atomic E-state index is 12.3. The number of nitrogens with zero attached hydrogens (tertiary/aromatic N) is 2. The Bertz CT molecular complexity index is 787. The molecule has 0 atom stereocenters. The highest BCUT2D eigenvalue weighted by molar-refractivity contribution is 7.92. The van der Waals surface area contributed by atoms with Gasteiger partial charge in [0.25, 0.3) is 10.0 Å². The molecule has 0 amide bonds. The number of hydrogen-bond acceptors (Lipinski definition) is 4. The number of aryl methyl sites for hydroxylation is 2. The van der Waals surface area contributed by atoms with Gasteiger partial charge in [-0.05, 0) is 18.6 Å². The van der Waals surface area contributed by atoms with Crippen molar-refractivity contribution in [1.29, 1.82) is 0 Å². The minimum absolute atomic E-state index is 0.0205. The zero-order valence-electron chi connectivity index (χ0n) is 11.5. The summed E-state index contributed by atoms with van der Waals surface area (Å²) in [5.74, 6) is 0.307. The molecular formula is C12H13Cl2N3O3S. The number of rotatable bonds is 4. The van der Waals surface area contributed by atoms with E-state index in [1.54, 1.807) is 20.0 Å². The average molecular weight is 350 g/mol. The van der Waals surface area contributed by atoms with E-state index in [4.69, 9.17) is 27.9 Å². The van der Waals surface area contributed by atoms with Crippen LogP contribution in [0.1, 0.15) is 5.56 Å². The number of benzene rings is 1. The maximum absolute atomic E-state index is 12.3. The summed E-state index contributed by atoms with van der Waals surface area (Å²) in [4.78, 5) is 3.79. The molecule has 114 valence electrons. The average Bonchev–Trinajstić information content (AvgIpc) is 2.74. The summed E-state index contributed by atoms with van der Waals surface area (Å²) in [5, 5.41) is 0.249. The summed E-state index contributed by atoms with van der Waals surface area (Å²) >= 11 is 11.9. The highest BCUT2D eigenvalue weighted by Crippen LogP contribution is 2.33. The second kappa shape index (κ2) is 5.75. The number of ether oxygens (including phenoxy) is 1. The Morgan fingerprint density at radius 1 is 1.33 bits per heavy atom. The van der Waals surface area contributed by atoms with Gasteiger partial charge >= 0.3 is 0 Å². The van der Waals surface area contributed by atoms with Gasteiger partial charge in [-0.15, -0.1) is 0 Å². The van der Waals surface area contributed by atoms with Crippen molar-refractivity contribution in [3.8, 4) is 5.75 Å². The molecule has 2 rings (SSSR count). The lowest BCUT2D eigenvalue weighted by molar-refractivity contribution is 0.417. The van der Waals surface area contributed by atoms with E-state index in [0.717, 1.165) is 0 Å². The largest absolute Gasteiger partial charge is 0.495 e. The van der Waals surface area contributed by atoms with Crippen molar-refractivity contribution >= 4 is 38.9 Å². The monoisotopic (exact) mass is 349 g/mol. The van der Waals surface area contributed by atoms with E-state index in [1.165, 1.54) is 24.1 Å². The van der Waals surface area contributed by atoms with Gasteiger partial charge in [-0.3, -0.25) is 4.72 Å². The third kappa shape index (κ3) is 3.09. The normalized spacial score (nSPS) is 11.5. The van der Waals surface area contributed by atoms with Crippen LogP contribution in [-0.4, -0.2) is 25.1 Å². The first-order chi connectivity index (χ1) is 9.76. The van der Waals surface area contributed by atoms with Crippen LogP contribution >= 0.6 is 23.2 Å². The fourth-order valence-electron chi connectivity index (χ4n) is 1.68.